The Labute approximate surface area is 105 Å². The molecule has 18 heavy (non-hydrogen) atoms. The number of likely N-dealkylation sites (tertiary alicyclic amines) is 1. The van der Waals surface area contributed by atoms with Crippen LogP contribution in [0.5, 0.6) is 0 Å². The van der Waals surface area contributed by atoms with Crippen molar-refractivity contribution in [3.05, 3.63) is 35.1 Å². The molecular formula is C13H15FN2O2. The van der Waals surface area contributed by atoms with E-state index in [0.717, 1.165) is 16.0 Å². The third kappa shape index (κ3) is 2.41. The van der Waals surface area contributed by atoms with Crippen LogP contribution in [0, 0.1) is 12.7 Å². The van der Waals surface area contributed by atoms with Gasteiger partial charge in [0.25, 0.3) is 0 Å². The topological polar surface area (TPSA) is 49.4 Å². The summed E-state index contributed by atoms with van der Waals surface area (Å²) in [6.07, 6.45) is 0.190. The Morgan fingerprint density at radius 2 is 2.17 bits per heavy atom. The van der Waals surface area contributed by atoms with Crippen LogP contribution >= 0.6 is 0 Å². The highest BCUT2D eigenvalue weighted by molar-refractivity contribution is 6.05. The summed E-state index contributed by atoms with van der Waals surface area (Å²) in [4.78, 5) is 24.1. The van der Waals surface area contributed by atoms with Crippen molar-refractivity contribution in [1.29, 1.82) is 0 Å². The van der Waals surface area contributed by atoms with Crippen LogP contribution < -0.4 is 5.32 Å². The summed E-state index contributed by atoms with van der Waals surface area (Å²) in [5.74, 6) is -0.656. The Morgan fingerprint density at radius 1 is 1.44 bits per heavy atom. The summed E-state index contributed by atoms with van der Waals surface area (Å²) in [5.41, 5.74) is 1.75. The van der Waals surface area contributed by atoms with Gasteiger partial charge in [0.1, 0.15) is 5.82 Å². The molecule has 1 heterocycles. The van der Waals surface area contributed by atoms with Crippen LogP contribution in [0.4, 0.5) is 4.39 Å². The molecule has 4 nitrogen and oxygen atoms in total. The molecule has 5 heteroatoms. The van der Waals surface area contributed by atoms with E-state index < -0.39 is 6.04 Å². The predicted molar refractivity (Wildman–Crippen MR) is 64.2 cm³/mol. The van der Waals surface area contributed by atoms with Gasteiger partial charge in [-0.15, -0.1) is 0 Å². The molecule has 1 aromatic carbocycles. The van der Waals surface area contributed by atoms with Crippen molar-refractivity contribution in [3.63, 3.8) is 0 Å². The first kappa shape index (κ1) is 12.7. The minimum Gasteiger partial charge on any atom is -0.301 e. The van der Waals surface area contributed by atoms with E-state index in [4.69, 9.17) is 0 Å². The van der Waals surface area contributed by atoms with Crippen molar-refractivity contribution < 1.29 is 14.0 Å². The largest absolute Gasteiger partial charge is 0.301 e. The first-order valence-electron chi connectivity index (χ1n) is 5.78. The molecule has 2 rings (SSSR count). The number of halogens is 1. The van der Waals surface area contributed by atoms with Gasteiger partial charge in [0, 0.05) is 13.6 Å². The standard InChI is InChI=1S/C13H15FN2O2/c1-8-5-10(14)4-3-9(8)7-15-11-6-12(17)16(2)13(11)18/h3-5,11,15H,6-7H2,1-2H3. The zero-order chi connectivity index (χ0) is 13.3. The molecule has 1 saturated heterocycles. The number of imide groups is 1. The maximum Gasteiger partial charge on any atom is 0.246 e. The van der Waals surface area contributed by atoms with Crippen LogP contribution in [0.15, 0.2) is 18.2 Å². The molecule has 0 bridgehead atoms. The summed E-state index contributed by atoms with van der Waals surface area (Å²) in [6.45, 7) is 2.26. The molecule has 1 aromatic rings. The Bertz CT molecular complexity index is 502. The van der Waals surface area contributed by atoms with Gasteiger partial charge in [-0.2, -0.15) is 0 Å². The lowest BCUT2D eigenvalue weighted by molar-refractivity contribution is -0.137. The molecule has 1 atom stereocenters. The fourth-order valence-corrected chi connectivity index (χ4v) is 2.01. The number of carbonyl (C=O) groups excluding carboxylic acids is 2. The van der Waals surface area contributed by atoms with E-state index in [0.29, 0.717) is 6.54 Å². The van der Waals surface area contributed by atoms with Gasteiger partial charge < -0.3 is 5.32 Å². The minimum atomic E-state index is -0.466. The SMILES string of the molecule is Cc1cc(F)ccc1CNC1CC(=O)N(C)C1=O. The number of hydrogen-bond acceptors (Lipinski definition) is 3. The van der Waals surface area contributed by atoms with Crippen molar-refractivity contribution >= 4 is 11.8 Å². The lowest BCUT2D eigenvalue weighted by atomic mass is 10.1. The summed E-state index contributed by atoms with van der Waals surface area (Å²) >= 11 is 0. The number of benzene rings is 1. The second kappa shape index (κ2) is 4.86. The highest BCUT2D eigenvalue weighted by Crippen LogP contribution is 2.13. The Hall–Kier alpha value is -1.75. The van der Waals surface area contributed by atoms with Gasteiger partial charge in [0.2, 0.25) is 11.8 Å². The van der Waals surface area contributed by atoms with Gasteiger partial charge in [-0.05, 0) is 30.2 Å². The number of aryl methyl sites for hydroxylation is 1. The smallest absolute Gasteiger partial charge is 0.246 e. The van der Waals surface area contributed by atoms with E-state index in [1.807, 2.05) is 6.92 Å². The van der Waals surface area contributed by atoms with Crippen molar-refractivity contribution in [1.82, 2.24) is 10.2 Å². The Morgan fingerprint density at radius 3 is 2.72 bits per heavy atom. The first-order valence-corrected chi connectivity index (χ1v) is 5.78. The monoisotopic (exact) mass is 250 g/mol. The number of rotatable bonds is 3. The maximum atomic E-state index is 12.9. The summed E-state index contributed by atoms with van der Waals surface area (Å²) < 4.78 is 12.9. The second-order valence-corrected chi connectivity index (χ2v) is 4.50. The molecule has 0 saturated carbocycles. The molecule has 1 aliphatic rings. The maximum absolute atomic E-state index is 12.9. The molecule has 1 aliphatic heterocycles. The van der Waals surface area contributed by atoms with Gasteiger partial charge in [0.05, 0.1) is 12.5 Å². The lowest BCUT2D eigenvalue weighted by Crippen LogP contribution is -2.36. The summed E-state index contributed by atoms with van der Waals surface area (Å²) in [7, 11) is 1.48. The van der Waals surface area contributed by atoms with E-state index in [1.54, 1.807) is 6.07 Å². The summed E-state index contributed by atoms with van der Waals surface area (Å²) in [5, 5.41) is 3.03. The second-order valence-electron chi connectivity index (χ2n) is 4.50. The van der Waals surface area contributed by atoms with Gasteiger partial charge >= 0.3 is 0 Å². The van der Waals surface area contributed by atoms with Gasteiger partial charge in [-0.25, -0.2) is 4.39 Å². The van der Waals surface area contributed by atoms with Crippen LogP contribution in [0.1, 0.15) is 17.5 Å². The quantitative estimate of drug-likeness (QED) is 0.814. The van der Waals surface area contributed by atoms with E-state index in [1.165, 1.54) is 19.2 Å². The Balaban J connectivity index is 2.00. The third-order valence-corrected chi connectivity index (χ3v) is 3.23. The summed E-state index contributed by atoms with van der Waals surface area (Å²) in [6, 6.07) is 4.05. The zero-order valence-electron chi connectivity index (χ0n) is 10.4. The fourth-order valence-electron chi connectivity index (χ4n) is 2.01. The van der Waals surface area contributed by atoms with Crippen LogP contribution in [-0.2, 0) is 16.1 Å². The number of nitrogens with one attached hydrogen (secondary N) is 1. The normalized spacial score (nSPS) is 19.7. The van der Waals surface area contributed by atoms with Crippen molar-refractivity contribution in [2.45, 2.75) is 25.9 Å². The Kier molecular flexibility index (Phi) is 3.43. The molecule has 0 aromatic heterocycles. The average molecular weight is 250 g/mol. The lowest BCUT2D eigenvalue weighted by Gasteiger charge is -2.12. The van der Waals surface area contributed by atoms with E-state index in [-0.39, 0.29) is 24.1 Å². The van der Waals surface area contributed by atoms with Gasteiger partial charge in [0.15, 0.2) is 0 Å². The number of nitrogens with zero attached hydrogens (tertiary/aromatic N) is 1. The average Bonchev–Trinajstić information content (AvgIpc) is 2.56. The molecule has 1 fully saturated rings. The molecule has 96 valence electrons. The molecule has 1 N–H and O–H groups in total. The fraction of sp³-hybridized carbons (Fsp3) is 0.385. The van der Waals surface area contributed by atoms with Crippen molar-refractivity contribution in [3.8, 4) is 0 Å². The van der Waals surface area contributed by atoms with E-state index in [2.05, 4.69) is 5.32 Å². The van der Waals surface area contributed by atoms with E-state index in [9.17, 15) is 14.0 Å². The highest BCUT2D eigenvalue weighted by Gasteiger charge is 2.35. The highest BCUT2D eigenvalue weighted by atomic mass is 19.1. The van der Waals surface area contributed by atoms with Crippen molar-refractivity contribution in [2.24, 2.45) is 0 Å². The molecular weight excluding hydrogens is 235 g/mol. The van der Waals surface area contributed by atoms with Gasteiger partial charge in [-0.3, -0.25) is 14.5 Å². The molecule has 1 unspecified atom stereocenters. The molecule has 0 radical (unpaired) electrons. The molecule has 2 amide bonds. The van der Waals surface area contributed by atoms with Crippen LogP contribution in [0.25, 0.3) is 0 Å². The number of likely N-dealkylation sites (N-methyl/N-ethyl adjacent to an activating group) is 1. The first-order chi connectivity index (χ1) is 8.49. The predicted octanol–water partition coefficient (Wildman–Crippen LogP) is 0.981. The molecule has 0 spiro atoms. The number of amides is 2. The van der Waals surface area contributed by atoms with Crippen molar-refractivity contribution in [2.75, 3.05) is 7.05 Å². The zero-order valence-corrected chi connectivity index (χ0v) is 10.4. The minimum absolute atomic E-state index is 0.173. The van der Waals surface area contributed by atoms with Gasteiger partial charge in [-0.1, -0.05) is 6.07 Å². The third-order valence-electron chi connectivity index (χ3n) is 3.23. The number of carbonyl (C=O) groups is 2. The van der Waals surface area contributed by atoms with Crippen LogP contribution in [0.3, 0.4) is 0 Å². The van der Waals surface area contributed by atoms with E-state index >= 15 is 0 Å². The number of hydrogen-bond donors (Lipinski definition) is 1. The van der Waals surface area contributed by atoms with Crippen LogP contribution in [0.2, 0.25) is 0 Å². The van der Waals surface area contributed by atoms with Crippen LogP contribution in [-0.4, -0.2) is 29.8 Å². The molecule has 0 aliphatic carbocycles.